The van der Waals surface area contributed by atoms with Crippen LogP contribution in [-0.4, -0.2) is 35.6 Å². The highest BCUT2D eigenvalue weighted by Gasteiger charge is 2.05. The number of rotatable bonds is 8. The average molecular weight is 364 g/mol. The number of halogens is 1. The van der Waals surface area contributed by atoms with Crippen molar-refractivity contribution >= 4 is 17.7 Å². The lowest BCUT2D eigenvalue weighted by Crippen LogP contribution is -2.37. The fourth-order valence-electron chi connectivity index (χ4n) is 2.49. The minimum atomic E-state index is -0.191. The molecule has 5 nitrogen and oxygen atoms in total. The second-order valence-electron chi connectivity index (χ2n) is 5.83. The lowest BCUT2D eigenvalue weighted by atomic mass is 10.1. The van der Waals surface area contributed by atoms with Gasteiger partial charge < -0.3 is 10.6 Å². The summed E-state index contributed by atoms with van der Waals surface area (Å²) in [6.07, 6.45) is 6.87. The zero-order valence-corrected chi connectivity index (χ0v) is 15.9. The molecule has 1 aromatic heterocycles. The molecular weight excluding hydrogens is 337 g/mol. The molecule has 0 spiro atoms. The number of hydrogen-bond donors (Lipinski definition) is 2. The van der Waals surface area contributed by atoms with Gasteiger partial charge in [0.1, 0.15) is 5.82 Å². The van der Waals surface area contributed by atoms with Crippen molar-refractivity contribution in [2.24, 2.45) is 4.99 Å². The van der Waals surface area contributed by atoms with Gasteiger partial charge in [0, 0.05) is 38.6 Å². The summed E-state index contributed by atoms with van der Waals surface area (Å²) in [5, 5.41) is 10.9. The maximum absolute atomic E-state index is 13.4. The van der Waals surface area contributed by atoms with Crippen molar-refractivity contribution in [2.45, 2.75) is 32.2 Å². The van der Waals surface area contributed by atoms with Gasteiger partial charge in [-0.1, -0.05) is 6.07 Å². The topological polar surface area (TPSA) is 54.2 Å². The first-order chi connectivity index (χ1) is 12.1. The molecule has 0 aliphatic heterocycles. The van der Waals surface area contributed by atoms with Gasteiger partial charge >= 0.3 is 0 Å². The van der Waals surface area contributed by atoms with Crippen molar-refractivity contribution in [2.75, 3.05) is 19.8 Å². The Morgan fingerprint density at radius 2 is 2.16 bits per heavy atom. The molecule has 136 valence electrons. The molecule has 2 rings (SSSR count). The highest BCUT2D eigenvalue weighted by molar-refractivity contribution is 7.97. The summed E-state index contributed by atoms with van der Waals surface area (Å²) < 4.78 is 15.4. The number of guanidine groups is 1. The standard InChI is InChI=1S/C18H26FN5S/c1-14-10-23-24(12-14)8-4-7-21-18(20-2)22-11-15-5-6-17(19)9-16(15)13-25-3/h5-6,9-10,12H,4,7-8,11,13H2,1-3H3,(H2,20,21,22). The highest BCUT2D eigenvalue weighted by Crippen LogP contribution is 2.16. The van der Waals surface area contributed by atoms with Crippen LogP contribution in [0.25, 0.3) is 0 Å². The molecule has 1 aromatic carbocycles. The van der Waals surface area contributed by atoms with Crippen LogP contribution in [0.15, 0.2) is 35.6 Å². The van der Waals surface area contributed by atoms with E-state index in [0.29, 0.717) is 6.54 Å². The van der Waals surface area contributed by atoms with E-state index in [9.17, 15) is 4.39 Å². The van der Waals surface area contributed by atoms with Crippen molar-refractivity contribution in [3.63, 3.8) is 0 Å². The van der Waals surface area contributed by atoms with Gasteiger partial charge in [-0.25, -0.2) is 4.39 Å². The number of benzene rings is 1. The Hall–Kier alpha value is -2.02. The van der Waals surface area contributed by atoms with Crippen LogP contribution in [0, 0.1) is 12.7 Å². The minimum absolute atomic E-state index is 0.191. The van der Waals surface area contributed by atoms with Gasteiger partial charge in [-0.3, -0.25) is 9.67 Å². The molecule has 0 radical (unpaired) electrons. The summed E-state index contributed by atoms with van der Waals surface area (Å²) in [6, 6.07) is 4.94. The smallest absolute Gasteiger partial charge is 0.191 e. The fraction of sp³-hybridized carbons (Fsp3) is 0.444. The maximum Gasteiger partial charge on any atom is 0.191 e. The zero-order chi connectivity index (χ0) is 18.1. The van der Waals surface area contributed by atoms with E-state index in [2.05, 4.69) is 20.7 Å². The molecule has 0 saturated carbocycles. The van der Waals surface area contributed by atoms with Crippen LogP contribution < -0.4 is 10.6 Å². The molecule has 7 heteroatoms. The molecule has 0 saturated heterocycles. The summed E-state index contributed by atoms with van der Waals surface area (Å²) in [5.74, 6) is 1.35. The Bertz CT molecular complexity index is 699. The van der Waals surface area contributed by atoms with Crippen molar-refractivity contribution in [3.05, 3.63) is 53.1 Å². The SMILES string of the molecule is CN=C(NCCCn1cc(C)cn1)NCc1ccc(F)cc1CSC. The summed E-state index contributed by atoms with van der Waals surface area (Å²) >= 11 is 1.69. The van der Waals surface area contributed by atoms with Gasteiger partial charge in [0.2, 0.25) is 0 Å². The van der Waals surface area contributed by atoms with E-state index in [1.807, 2.05) is 36.3 Å². The van der Waals surface area contributed by atoms with Crippen LogP contribution in [0.2, 0.25) is 0 Å². The number of aryl methyl sites for hydroxylation is 2. The van der Waals surface area contributed by atoms with Crippen molar-refractivity contribution in [3.8, 4) is 0 Å². The lowest BCUT2D eigenvalue weighted by Gasteiger charge is -2.14. The third-order valence-electron chi connectivity index (χ3n) is 3.76. The predicted octanol–water partition coefficient (Wildman–Crippen LogP) is 2.95. The molecule has 0 aliphatic rings. The Kier molecular flexibility index (Phi) is 7.78. The monoisotopic (exact) mass is 363 g/mol. The summed E-state index contributed by atoms with van der Waals surface area (Å²) in [7, 11) is 1.75. The molecule has 0 atom stereocenters. The number of aromatic nitrogens is 2. The van der Waals surface area contributed by atoms with E-state index in [1.165, 1.54) is 11.6 Å². The predicted molar refractivity (Wildman–Crippen MR) is 103 cm³/mol. The van der Waals surface area contributed by atoms with Crippen LogP contribution in [0.3, 0.4) is 0 Å². The number of hydrogen-bond acceptors (Lipinski definition) is 3. The van der Waals surface area contributed by atoms with Crippen molar-refractivity contribution < 1.29 is 4.39 Å². The van der Waals surface area contributed by atoms with Gasteiger partial charge in [0.05, 0.1) is 6.20 Å². The van der Waals surface area contributed by atoms with Crippen LogP contribution in [-0.2, 0) is 18.8 Å². The molecule has 25 heavy (non-hydrogen) atoms. The van der Waals surface area contributed by atoms with E-state index >= 15 is 0 Å². The zero-order valence-electron chi connectivity index (χ0n) is 15.1. The molecule has 2 N–H and O–H groups in total. The first-order valence-electron chi connectivity index (χ1n) is 8.32. The van der Waals surface area contributed by atoms with E-state index in [4.69, 9.17) is 0 Å². The largest absolute Gasteiger partial charge is 0.356 e. The molecule has 0 fully saturated rings. The second-order valence-corrected chi connectivity index (χ2v) is 6.70. The number of nitrogens with one attached hydrogen (secondary N) is 2. The molecular formula is C18H26FN5S. The van der Waals surface area contributed by atoms with Crippen LogP contribution >= 0.6 is 11.8 Å². The van der Waals surface area contributed by atoms with Crippen LogP contribution in [0.1, 0.15) is 23.1 Å². The van der Waals surface area contributed by atoms with Crippen LogP contribution in [0.5, 0.6) is 0 Å². The van der Waals surface area contributed by atoms with E-state index in [0.717, 1.165) is 42.3 Å². The third kappa shape index (κ3) is 6.42. The van der Waals surface area contributed by atoms with Gasteiger partial charge in [-0.2, -0.15) is 16.9 Å². The minimum Gasteiger partial charge on any atom is -0.356 e. The first kappa shape index (κ1) is 19.3. The Morgan fingerprint density at radius 3 is 2.84 bits per heavy atom. The number of thioether (sulfide) groups is 1. The Balaban J connectivity index is 1.78. The fourth-order valence-corrected chi connectivity index (χ4v) is 3.07. The summed E-state index contributed by atoms with van der Waals surface area (Å²) in [4.78, 5) is 4.24. The third-order valence-corrected chi connectivity index (χ3v) is 4.36. The summed E-state index contributed by atoms with van der Waals surface area (Å²) in [6.45, 7) is 4.33. The first-order valence-corrected chi connectivity index (χ1v) is 9.71. The second kappa shape index (κ2) is 10.1. The van der Waals surface area contributed by atoms with Gasteiger partial charge in [-0.15, -0.1) is 0 Å². The van der Waals surface area contributed by atoms with Gasteiger partial charge in [-0.05, 0) is 48.4 Å². The highest BCUT2D eigenvalue weighted by atomic mass is 32.2. The van der Waals surface area contributed by atoms with Gasteiger partial charge in [0.25, 0.3) is 0 Å². The molecule has 0 amide bonds. The van der Waals surface area contributed by atoms with Crippen molar-refractivity contribution in [1.29, 1.82) is 0 Å². The van der Waals surface area contributed by atoms with E-state index in [1.54, 1.807) is 24.9 Å². The summed E-state index contributed by atoms with van der Waals surface area (Å²) in [5.41, 5.74) is 3.28. The Morgan fingerprint density at radius 1 is 1.32 bits per heavy atom. The van der Waals surface area contributed by atoms with Gasteiger partial charge in [0.15, 0.2) is 5.96 Å². The normalized spacial score (nSPS) is 11.6. The van der Waals surface area contributed by atoms with Crippen molar-refractivity contribution in [1.82, 2.24) is 20.4 Å². The van der Waals surface area contributed by atoms with Crippen LogP contribution in [0.4, 0.5) is 4.39 Å². The quantitative estimate of drug-likeness (QED) is 0.430. The lowest BCUT2D eigenvalue weighted by molar-refractivity contribution is 0.570. The molecule has 0 bridgehead atoms. The maximum atomic E-state index is 13.4. The average Bonchev–Trinajstić information content (AvgIpc) is 3.01. The molecule has 1 heterocycles. The van der Waals surface area contributed by atoms with E-state index < -0.39 is 0 Å². The Labute approximate surface area is 153 Å². The molecule has 0 aliphatic carbocycles. The van der Waals surface area contributed by atoms with E-state index in [-0.39, 0.29) is 5.82 Å². The number of nitrogens with zero attached hydrogens (tertiary/aromatic N) is 3. The number of aliphatic imine (C=N–C) groups is 1. The molecule has 0 unspecified atom stereocenters. The molecule has 2 aromatic rings.